The lowest BCUT2D eigenvalue weighted by Gasteiger charge is -2.24. The average Bonchev–Trinajstić information content (AvgIpc) is 2.30. The summed E-state index contributed by atoms with van der Waals surface area (Å²) in [4.78, 5) is 23.9. The smallest absolute Gasteiger partial charge is 0.408 e. The number of methoxy groups -OCH3 is 1. The van der Waals surface area contributed by atoms with Gasteiger partial charge >= 0.3 is 6.09 Å². The van der Waals surface area contributed by atoms with Crippen LogP contribution in [0.4, 0.5) is 4.79 Å². The standard InChI is InChI=1S/C15H30N2O4/c1-11(2)10-12(13(18)16-8-7-9-20-6)17-14(19)21-15(3,4)5/h11-12H,7-10H2,1-6H3,(H,16,18)(H,17,19). The zero-order valence-corrected chi connectivity index (χ0v) is 14.1. The zero-order valence-electron chi connectivity index (χ0n) is 14.1. The number of carbonyl (C=O) groups is 2. The second kappa shape index (κ2) is 9.60. The van der Waals surface area contributed by atoms with Crippen LogP contribution in [0.5, 0.6) is 0 Å². The van der Waals surface area contributed by atoms with E-state index in [2.05, 4.69) is 10.6 Å². The van der Waals surface area contributed by atoms with E-state index in [0.717, 1.165) is 6.42 Å². The van der Waals surface area contributed by atoms with Crippen molar-refractivity contribution < 1.29 is 19.1 Å². The number of nitrogens with one attached hydrogen (secondary N) is 2. The third-order valence-electron chi connectivity index (χ3n) is 2.54. The van der Waals surface area contributed by atoms with Gasteiger partial charge in [-0.1, -0.05) is 13.8 Å². The molecule has 0 aliphatic heterocycles. The number of hydrogen-bond acceptors (Lipinski definition) is 4. The van der Waals surface area contributed by atoms with E-state index in [4.69, 9.17) is 9.47 Å². The molecule has 1 unspecified atom stereocenters. The van der Waals surface area contributed by atoms with Gasteiger partial charge in [0.25, 0.3) is 0 Å². The van der Waals surface area contributed by atoms with E-state index in [9.17, 15) is 9.59 Å². The van der Waals surface area contributed by atoms with Crippen molar-refractivity contribution in [2.24, 2.45) is 5.92 Å². The van der Waals surface area contributed by atoms with Gasteiger partial charge in [0.1, 0.15) is 11.6 Å². The van der Waals surface area contributed by atoms with Gasteiger partial charge in [-0.3, -0.25) is 4.79 Å². The fourth-order valence-corrected chi connectivity index (χ4v) is 1.70. The molecular formula is C15H30N2O4. The van der Waals surface area contributed by atoms with Crippen LogP contribution in [-0.4, -0.2) is 43.9 Å². The number of carbonyl (C=O) groups excluding carboxylic acids is 2. The predicted molar refractivity (Wildman–Crippen MR) is 82.1 cm³/mol. The largest absolute Gasteiger partial charge is 0.444 e. The lowest BCUT2D eigenvalue weighted by Crippen LogP contribution is -2.49. The maximum absolute atomic E-state index is 12.1. The Labute approximate surface area is 127 Å². The Morgan fingerprint density at radius 2 is 1.81 bits per heavy atom. The van der Waals surface area contributed by atoms with Crippen molar-refractivity contribution >= 4 is 12.0 Å². The van der Waals surface area contributed by atoms with Gasteiger partial charge in [-0.15, -0.1) is 0 Å². The fourth-order valence-electron chi connectivity index (χ4n) is 1.70. The molecule has 0 fully saturated rings. The minimum atomic E-state index is -0.582. The van der Waals surface area contributed by atoms with Crippen LogP contribution in [0.15, 0.2) is 0 Å². The molecule has 0 aromatic rings. The molecule has 0 radical (unpaired) electrons. The van der Waals surface area contributed by atoms with Crippen LogP contribution in [0.1, 0.15) is 47.5 Å². The normalized spacial score (nSPS) is 12.9. The monoisotopic (exact) mass is 302 g/mol. The minimum absolute atomic E-state index is 0.189. The molecule has 0 aliphatic carbocycles. The molecule has 0 spiro atoms. The first-order valence-electron chi connectivity index (χ1n) is 7.42. The van der Waals surface area contributed by atoms with Crippen molar-refractivity contribution in [3.05, 3.63) is 0 Å². The molecule has 1 atom stereocenters. The van der Waals surface area contributed by atoms with Crippen LogP contribution in [0.2, 0.25) is 0 Å². The first-order valence-corrected chi connectivity index (χ1v) is 7.42. The third kappa shape index (κ3) is 11.1. The van der Waals surface area contributed by atoms with E-state index in [1.54, 1.807) is 27.9 Å². The molecule has 0 saturated heterocycles. The Balaban J connectivity index is 4.43. The second-order valence-electron chi connectivity index (χ2n) is 6.47. The van der Waals surface area contributed by atoms with E-state index in [1.165, 1.54) is 0 Å². The first-order chi connectivity index (χ1) is 9.65. The topological polar surface area (TPSA) is 76.7 Å². The van der Waals surface area contributed by atoms with Gasteiger partial charge in [0.05, 0.1) is 0 Å². The molecule has 0 heterocycles. The molecule has 0 aromatic carbocycles. The van der Waals surface area contributed by atoms with Gasteiger partial charge in [0.2, 0.25) is 5.91 Å². The zero-order chi connectivity index (χ0) is 16.5. The quantitative estimate of drug-likeness (QED) is 0.673. The second-order valence-corrected chi connectivity index (χ2v) is 6.47. The van der Waals surface area contributed by atoms with Crippen LogP contribution < -0.4 is 10.6 Å². The van der Waals surface area contributed by atoms with Crippen molar-refractivity contribution in [2.75, 3.05) is 20.3 Å². The Kier molecular flexibility index (Phi) is 9.01. The van der Waals surface area contributed by atoms with Crippen LogP contribution in [-0.2, 0) is 14.3 Å². The molecule has 0 aliphatic rings. The lowest BCUT2D eigenvalue weighted by molar-refractivity contribution is -0.123. The highest BCUT2D eigenvalue weighted by Crippen LogP contribution is 2.09. The number of ether oxygens (including phenoxy) is 2. The van der Waals surface area contributed by atoms with E-state index in [0.29, 0.717) is 19.6 Å². The van der Waals surface area contributed by atoms with Gasteiger partial charge in [-0.2, -0.15) is 0 Å². The highest BCUT2D eigenvalue weighted by Gasteiger charge is 2.24. The molecule has 0 bridgehead atoms. The average molecular weight is 302 g/mol. The van der Waals surface area contributed by atoms with Gasteiger partial charge in [0.15, 0.2) is 0 Å². The Morgan fingerprint density at radius 3 is 2.29 bits per heavy atom. The summed E-state index contributed by atoms with van der Waals surface area (Å²) in [7, 11) is 1.62. The summed E-state index contributed by atoms with van der Waals surface area (Å²) in [5.74, 6) is 0.0975. The van der Waals surface area contributed by atoms with Crippen molar-refractivity contribution in [3.8, 4) is 0 Å². The van der Waals surface area contributed by atoms with Crippen molar-refractivity contribution in [3.63, 3.8) is 0 Å². The minimum Gasteiger partial charge on any atom is -0.444 e. The molecule has 6 heteroatoms. The number of rotatable bonds is 8. The third-order valence-corrected chi connectivity index (χ3v) is 2.54. The molecule has 124 valence electrons. The maximum Gasteiger partial charge on any atom is 0.408 e. The SMILES string of the molecule is COCCCNC(=O)C(CC(C)C)NC(=O)OC(C)(C)C. The summed E-state index contributed by atoms with van der Waals surface area (Å²) < 4.78 is 10.1. The van der Waals surface area contributed by atoms with Crippen molar-refractivity contribution in [1.82, 2.24) is 10.6 Å². The molecular weight excluding hydrogens is 272 g/mol. The summed E-state index contributed by atoms with van der Waals surface area (Å²) in [6, 6.07) is -0.581. The van der Waals surface area contributed by atoms with Gasteiger partial charge in [-0.05, 0) is 39.5 Å². The van der Waals surface area contributed by atoms with Gasteiger partial charge in [0, 0.05) is 20.3 Å². The van der Waals surface area contributed by atoms with Gasteiger partial charge < -0.3 is 20.1 Å². The summed E-state index contributed by atoms with van der Waals surface area (Å²) in [5.41, 5.74) is -0.582. The number of amides is 2. The van der Waals surface area contributed by atoms with E-state index in [1.807, 2.05) is 13.8 Å². The predicted octanol–water partition coefficient (Wildman–Crippen LogP) is 2.08. The first kappa shape index (κ1) is 19.7. The van der Waals surface area contributed by atoms with Crippen LogP contribution >= 0.6 is 0 Å². The molecule has 0 saturated carbocycles. The highest BCUT2D eigenvalue weighted by molar-refractivity contribution is 5.85. The number of alkyl carbamates (subject to hydrolysis) is 1. The number of hydrogen-bond donors (Lipinski definition) is 2. The van der Waals surface area contributed by atoms with Crippen molar-refractivity contribution in [1.29, 1.82) is 0 Å². The Bertz CT molecular complexity index is 324. The summed E-state index contributed by atoms with van der Waals surface area (Å²) >= 11 is 0. The molecule has 21 heavy (non-hydrogen) atoms. The summed E-state index contributed by atoms with van der Waals surface area (Å²) in [6.07, 6.45) is 0.735. The molecule has 0 rings (SSSR count). The lowest BCUT2D eigenvalue weighted by atomic mass is 10.0. The molecule has 2 N–H and O–H groups in total. The summed E-state index contributed by atoms with van der Waals surface area (Å²) in [6.45, 7) is 10.5. The van der Waals surface area contributed by atoms with Crippen LogP contribution in [0.3, 0.4) is 0 Å². The maximum atomic E-state index is 12.1. The van der Waals surface area contributed by atoms with Gasteiger partial charge in [-0.25, -0.2) is 4.79 Å². The molecule has 0 aromatic heterocycles. The van der Waals surface area contributed by atoms with E-state index in [-0.39, 0.29) is 11.8 Å². The van der Waals surface area contributed by atoms with E-state index >= 15 is 0 Å². The molecule has 6 nitrogen and oxygen atoms in total. The van der Waals surface area contributed by atoms with Crippen molar-refractivity contribution in [2.45, 2.75) is 59.1 Å². The van der Waals surface area contributed by atoms with Crippen LogP contribution in [0.25, 0.3) is 0 Å². The summed E-state index contributed by atoms with van der Waals surface area (Å²) in [5, 5.41) is 5.44. The van der Waals surface area contributed by atoms with Crippen LogP contribution in [0, 0.1) is 5.92 Å². The van der Waals surface area contributed by atoms with E-state index < -0.39 is 17.7 Å². The Morgan fingerprint density at radius 1 is 1.19 bits per heavy atom. The highest BCUT2D eigenvalue weighted by atomic mass is 16.6. The Hall–Kier alpha value is -1.30. The fraction of sp³-hybridized carbons (Fsp3) is 0.867. The molecule has 2 amide bonds.